The molecule has 0 atom stereocenters. The lowest BCUT2D eigenvalue weighted by molar-refractivity contribution is -0.508. The van der Waals surface area contributed by atoms with Crippen LogP contribution in [-0.2, 0) is 54.1 Å². The van der Waals surface area contributed by atoms with Crippen LogP contribution in [0.25, 0.3) is 5.57 Å². The number of ether oxygens (including phenoxy) is 7. The van der Waals surface area contributed by atoms with E-state index in [9.17, 15) is 43.0 Å². The number of aromatic hydroxyl groups is 2. The van der Waals surface area contributed by atoms with Crippen molar-refractivity contribution in [2.75, 3.05) is 85.8 Å². The Balaban J connectivity index is 1.57. The minimum absolute atomic E-state index is 0.0215. The standard InChI is InChI=1S/C46H50F2N4O14/c1-60-41(56)23-51(24-42(57)61-2)33-12-11-27(45-29-19-31(47)34(53)21-37(29)66-38-22-35(54)32(48)20-30(38)45)17-39(33)65-16-15-64-36-10-8-9-28(18-40(55)50-14-7-5-6-13-49)46(36)52(25-43(58)62-3)26-44(59)63-4/h8-12,17,19-22H,5-7,13-16,18,23-26,49H2,1-4H3,(H2,50,53,54,55)/p+1. The Labute approximate surface area is 378 Å². The van der Waals surface area contributed by atoms with Crippen LogP contribution in [0.2, 0.25) is 0 Å². The van der Waals surface area contributed by atoms with Gasteiger partial charge in [-0.1, -0.05) is 18.6 Å². The van der Waals surface area contributed by atoms with Crippen molar-refractivity contribution in [3.63, 3.8) is 0 Å². The number of nitrogens with two attached hydrogens (primary N) is 1. The van der Waals surface area contributed by atoms with Crippen molar-refractivity contribution in [1.29, 1.82) is 0 Å². The summed E-state index contributed by atoms with van der Waals surface area (Å²) in [6, 6.07) is 8.90. The quantitative estimate of drug-likeness (QED) is 0.0405. The first-order chi connectivity index (χ1) is 31.7. The van der Waals surface area contributed by atoms with Crippen molar-refractivity contribution >= 4 is 46.8 Å². The average molecular weight is 922 g/mol. The minimum atomic E-state index is -1.01. The van der Waals surface area contributed by atoms with Gasteiger partial charge >= 0.3 is 23.9 Å². The molecule has 1 aliphatic carbocycles. The van der Waals surface area contributed by atoms with E-state index in [1.165, 1.54) is 56.1 Å². The first-order valence-electron chi connectivity index (χ1n) is 20.6. The number of unbranched alkanes of at least 4 members (excludes halogenated alkanes) is 2. The summed E-state index contributed by atoms with van der Waals surface area (Å²) < 4.78 is 69.3. The number of allylic oxidation sites excluding steroid dienone is 4. The van der Waals surface area contributed by atoms with E-state index < -0.39 is 73.2 Å². The summed E-state index contributed by atoms with van der Waals surface area (Å²) in [6.07, 6.45) is 6.70. The van der Waals surface area contributed by atoms with E-state index in [1.54, 1.807) is 18.2 Å². The van der Waals surface area contributed by atoms with Gasteiger partial charge in [0, 0.05) is 41.5 Å². The zero-order chi connectivity index (χ0) is 47.9. The lowest BCUT2D eigenvalue weighted by Gasteiger charge is -2.27. The number of carbonyl (C=O) groups is 5. The number of fused-ring (bicyclic) bond motifs is 2. The van der Waals surface area contributed by atoms with E-state index in [4.69, 9.17) is 38.9 Å². The number of rotatable bonds is 21. The molecule has 2 aliphatic rings. The molecule has 352 valence electrons. The van der Waals surface area contributed by atoms with Gasteiger partial charge in [-0.2, -0.15) is 0 Å². The molecular weight excluding hydrogens is 871 g/mol. The van der Waals surface area contributed by atoms with Gasteiger partial charge < -0.3 is 59.3 Å². The predicted molar refractivity (Wildman–Crippen MR) is 232 cm³/mol. The van der Waals surface area contributed by atoms with Gasteiger partial charge in [0.2, 0.25) is 24.7 Å². The third-order valence-corrected chi connectivity index (χ3v) is 10.2. The van der Waals surface area contributed by atoms with Gasteiger partial charge in [-0.25, -0.2) is 22.9 Å². The maximum Gasteiger partial charge on any atom is 0.371 e. The highest BCUT2D eigenvalue weighted by molar-refractivity contribution is 6.08. The molecule has 1 heterocycles. The molecule has 20 heteroatoms. The molecule has 5 rings (SSSR count). The molecule has 0 saturated heterocycles. The van der Waals surface area contributed by atoms with Gasteiger partial charge in [-0.05, 0) is 60.9 Å². The van der Waals surface area contributed by atoms with Gasteiger partial charge in [0.15, 0.2) is 28.9 Å². The second-order valence-corrected chi connectivity index (χ2v) is 14.6. The van der Waals surface area contributed by atoms with Crippen molar-refractivity contribution in [3.05, 3.63) is 100 Å². The number of benzene rings is 3. The zero-order valence-electron chi connectivity index (χ0n) is 36.8. The zero-order valence-corrected chi connectivity index (χ0v) is 36.8. The van der Waals surface area contributed by atoms with E-state index in [-0.39, 0.29) is 82.2 Å². The Hall–Kier alpha value is -7.48. The summed E-state index contributed by atoms with van der Waals surface area (Å²) in [5.41, 5.74) is 7.06. The Bertz CT molecular complexity index is 2370. The second kappa shape index (κ2) is 23.4. The van der Waals surface area contributed by atoms with Gasteiger partial charge in [0.25, 0.3) is 0 Å². The summed E-state index contributed by atoms with van der Waals surface area (Å²) in [5.74, 6) is -6.52. The summed E-state index contributed by atoms with van der Waals surface area (Å²) in [7, 11) is 4.70. The van der Waals surface area contributed by atoms with Crippen LogP contribution in [0.5, 0.6) is 28.7 Å². The third-order valence-electron chi connectivity index (χ3n) is 10.2. The Kier molecular flexibility index (Phi) is 17.6. The lowest BCUT2D eigenvalue weighted by Crippen LogP contribution is -2.37. The topological polar surface area (TPSA) is 235 Å². The van der Waals surface area contributed by atoms with Crippen molar-refractivity contribution in [3.8, 4) is 28.7 Å². The number of nitrogens with one attached hydrogen (secondary N) is 1. The Morgan fingerprint density at radius 2 is 1.33 bits per heavy atom. The van der Waals surface area contributed by atoms with Crippen LogP contribution in [0.3, 0.4) is 0 Å². The highest BCUT2D eigenvalue weighted by Crippen LogP contribution is 2.49. The molecule has 3 aromatic carbocycles. The maximum atomic E-state index is 15.0. The average Bonchev–Trinajstić information content (AvgIpc) is 3.30. The number of hydrogen-bond acceptors (Lipinski definition) is 16. The second-order valence-electron chi connectivity index (χ2n) is 14.6. The van der Waals surface area contributed by atoms with Crippen LogP contribution in [0.4, 0.5) is 14.5 Å². The summed E-state index contributed by atoms with van der Waals surface area (Å²) in [4.78, 5) is 65.2. The number of anilines is 1. The Morgan fingerprint density at radius 1 is 0.758 bits per heavy atom. The highest BCUT2D eigenvalue weighted by atomic mass is 19.1. The van der Waals surface area contributed by atoms with E-state index in [1.807, 2.05) is 0 Å². The third kappa shape index (κ3) is 12.6. The fraction of sp³-hybridized carbons (Fsp3) is 0.348. The van der Waals surface area contributed by atoms with Crippen LogP contribution in [-0.4, -0.2) is 131 Å². The first kappa shape index (κ1) is 49.5. The van der Waals surface area contributed by atoms with E-state index in [0.29, 0.717) is 25.1 Å². The van der Waals surface area contributed by atoms with Crippen LogP contribution in [0, 0.1) is 11.6 Å². The van der Waals surface area contributed by atoms with Crippen molar-refractivity contribution in [2.24, 2.45) is 5.73 Å². The molecule has 0 spiro atoms. The fourth-order valence-electron chi connectivity index (χ4n) is 6.99. The van der Waals surface area contributed by atoms with E-state index in [2.05, 4.69) is 5.32 Å². The SMILES string of the molecule is COC(=O)CN(CC(=O)OC)c1c(CC(=O)NCCCCCN)cccc1OCCOC1=CC(=C2c3cc(F)c(O)cc3Oc3cc(O)c(F)cc32)C=CC1=[N+](CC(=O)OC)CC(=O)OC. The first-order valence-corrected chi connectivity index (χ1v) is 20.6. The normalized spacial score (nSPS) is 12.5. The van der Waals surface area contributed by atoms with Gasteiger partial charge in [0.05, 0.1) is 40.5 Å². The molecule has 3 aromatic rings. The molecule has 0 unspecified atom stereocenters. The molecule has 1 aliphatic heterocycles. The summed E-state index contributed by atoms with van der Waals surface area (Å²) in [6.45, 7) is -1.28. The van der Waals surface area contributed by atoms with Crippen LogP contribution in [0.1, 0.15) is 36.0 Å². The number of nitrogens with zero attached hydrogens (tertiary/aromatic N) is 2. The molecular formula is C46H51F2N4O14+. The number of esters is 4. The number of para-hydroxylation sites is 1. The van der Waals surface area contributed by atoms with Crippen molar-refractivity contribution in [2.45, 2.75) is 25.7 Å². The number of halogens is 2. The van der Waals surface area contributed by atoms with Gasteiger partial charge in [0.1, 0.15) is 43.6 Å². The number of hydrogen-bond donors (Lipinski definition) is 4. The van der Waals surface area contributed by atoms with E-state index >= 15 is 0 Å². The van der Waals surface area contributed by atoms with Crippen molar-refractivity contribution < 1.29 is 80.7 Å². The number of amides is 1. The smallest absolute Gasteiger partial charge is 0.371 e. The highest BCUT2D eigenvalue weighted by Gasteiger charge is 2.32. The number of phenolic OH excluding ortho intramolecular Hbond substituents is 2. The molecule has 0 saturated carbocycles. The van der Waals surface area contributed by atoms with Crippen LogP contribution < -0.4 is 25.4 Å². The van der Waals surface area contributed by atoms with Gasteiger partial charge in [-0.3, -0.25) is 14.4 Å². The van der Waals surface area contributed by atoms with Gasteiger partial charge in [-0.15, -0.1) is 0 Å². The largest absolute Gasteiger partial charge is 0.505 e. The van der Waals surface area contributed by atoms with Crippen molar-refractivity contribution in [1.82, 2.24) is 5.32 Å². The monoisotopic (exact) mass is 921 g/mol. The molecule has 0 radical (unpaired) electrons. The molecule has 66 heavy (non-hydrogen) atoms. The predicted octanol–water partition coefficient (Wildman–Crippen LogP) is 3.57. The number of carbonyl (C=O) groups excluding carboxylic acids is 5. The molecule has 5 N–H and O–H groups in total. The maximum absolute atomic E-state index is 15.0. The molecule has 18 nitrogen and oxygen atoms in total. The Morgan fingerprint density at radius 3 is 1.89 bits per heavy atom. The lowest BCUT2D eigenvalue weighted by atomic mass is 9.87. The summed E-state index contributed by atoms with van der Waals surface area (Å²) in [5, 5.41) is 23.3. The summed E-state index contributed by atoms with van der Waals surface area (Å²) >= 11 is 0. The minimum Gasteiger partial charge on any atom is -0.505 e. The van der Waals surface area contributed by atoms with Crippen LogP contribution in [0.15, 0.2) is 72.0 Å². The number of methoxy groups -OCH3 is 4. The molecule has 0 bridgehead atoms. The van der Waals surface area contributed by atoms with E-state index in [0.717, 1.165) is 37.1 Å². The van der Waals surface area contributed by atoms with Crippen LogP contribution >= 0.6 is 0 Å². The fourth-order valence-corrected chi connectivity index (χ4v) is 6.99. The number of phenols is 2. The molecule has 1 amide bonds. The molecule has 0 aromatic heterocycles. The molecule has 0 fully saturated rings.